The summed E-state index contributed by atoms with van der Waals surface area (Å²) in [7, 11) is 1.34. The normalized spacial score (nSPS) is 18.9. The molecule has 0 aliphatic carbocycles. The first-order valence-electron chi connectivity index (χ1n) is 10.1. The van der Waals surface area contributed by atoms with Crippen molar-refractivity contribution in [3.63, 3.8) is 0 Å². The lowest BCUT2D eigenvalue weighted by Crippen LogP contribution is -2.34. The molecular weight excluding hydrogens is 505 g/mol. The lowest BCUT2D eigenvalue weighted by molar-refractivity contribution is -0.742. The SMILES string of the molecule is COC(=O)c1ccc(OCC2COC(Cn3ccnc3)(c3ccc(Cl)cc3Cl)O2)cc1.O=[N+]([O-])O. The number of methoxy groups -OCH3 is 1. The van der Waals surface area contributed by atoms with E-state index in [1.165, 1.54) is 7.11 Å². The molecule has 1 aliphatic heterocycles. The maximum absolute atomic E-state index is 11.6. The van der Waals surface area contributed by atoms with Crippen molar-refractivity contribution in [2.24, 2.45) is 0 Å². The van der Waals surface area contributed by atoms with Crippen LogP contribution in [0.3, 0.4) is 0 Å². The molecule has 0 amide bonds. The van der Waals surface area contributed by atoms with Gasteiger partial charge < -0.3 is 28.7 Å². The number of benzene rings is 2. The third-order valence-corrected chi connectivity index (χ3v) is 5.41. The molecule has 35 heavy (non-hydrogen) atoms. The Kier molecular flexibility index (Phi) is 8.88. The molecular formula is C22H21Cl2N3O8. The number of hydrogen-bond donors (Lipinski definition) is 1. The van der Waals surface area contributed by atoms with Gasteiger partial charge in [0, 0.05) is 23.0 Å². The first-order valence-corrected chi connectivity index (χ1v) is 10.9. The van der Waals surface area contributed by atoms with Gasteiger partial charge in [-0.2, -0.15) is 0 Å². The van der Waals surface area contributed by atoms with Gasteiger partial charge >= 0.3 is 5.97 Å². The first kappa shape index (κ1) is 26.2. The number of nitrogens with zero attached hydrogens (tertiary/aromatic N) is 3. The Morgan fingerprint density at radius 3 is 2.63 bits per heavy atom. The smallest absolute Gasteiger partial charge is 0.337 e. The Bertz CT molecular complexity index is 1140. The molecule has 1 N–H and O–H groups in total. The van der Waals surface area contributed by atoms with Crippen LogP contribution in [-0.4, -0.2) is 52.2 Å². The fourth-order valence-electron chi connectivity index (χ4n) is 3.37. The van der Waals surface area contributed by atoms with E-state index in [2.05, 4.69) is 4.98 Å². The number of rotatable bonds is 7. The number of halogens is 2. The predicted octanol–water partition coefficient (Wildman–Crippen LogP) is 3.98. The summed E-state index contributed by atoms with van der Waals surface area (Å²) in [4.78, 5) is 24.0. The largest absolute Gasteiger partial charge is 0.491 e. The highest BCUT2D eigenvalue weighted by Gasteiger charge is 2.45. The van der Waals surface area contributed by atoms with Gasteiger partial charge in [-0.1, -0.05) is 29.3 Å². The minimum absolute atomic E-state index is 0.258. The molecule has 1 aromatic heterocycles. The van der Waals surface area contributed by atoms with E-state index in [9.17, 15) is 4.79 Å². The van der Waals surface area contributed by atoms with Gasteiger partial charge in [-0.25, -0.2) is 9.78 Å². The lowest BCUT2D eigenvalue weighted by atomic mass is 10.1. The van der Waals surface area contributed by atoms with Gasteiger partial charge in [0.2, 0.25) is 5.79 Å². The molecule has 11 nitrogen and oxygen atoms in total. The summed E-state index contributed by atoms with van der Waals surface area (Å²) < 4.78 is 24.9. The van der Waals surface area contributed by atoms with Crippen molar-refractivity contribution in [1.29, 1.82) is 0 Å². The standard InChI is InChI=1S/C22H20Cl2N2O5.HNO3/c1-28-21(27)15-2-5-17(6-3-15)29-11-18-12-30-22(31-18,13-26-9-8-25-14-26)19-7-4-16(23)10-20(19)24;2-1(3)4/h2-10,14,18H,11-13H2,1H3;(H,2,3,4). The molecule has 2 heterocycles. The number of esters is 1. The van der Waals surface area contributed by atoms with Crippen molar-refractivity contribution >= 4 is 29.2 Å². The second kappa shape index (κ2) is 11.8. The summed E-state index contributed by atoms with van der Waals surface area (Å²) >= 11 is 12.5. The van der Waals surface area contributed by atoms with Crippen LogP contribution in [0.2, 0.25) is 10.0 Å². The average Bonchev–Trinajstić information content (AvgIpc) is 3.48. The molecule has 1 saturated heterocycles. The minimum atomic E-state index is -1.50. The summed E-state index contributed by atoms with van der Waals surface area (Å²) in [6.45, 7) is 0.932. The second-order valence-electron chi connectivity index (χ2n) is 7.23. The molecule has 13 heteroatoms. The second-order valence-corrected chi connectivity index (χ2v) is 8.07. The van der Waals surface area contributed by atoms with Crippen LogP contribution in [0.5, 0.6) is 5.75 Å². The molecule has 2 unspecified atom stereocenters. The molecule has 2 atom stereocenters. The Balaban J connectivity index is 0.000000795. The van der Waals surface area contributed by atoms with Crippen molar-refractivity contribution in [3.05, 3.63) is 92.5 Å². The van der Waals surface area contributed by atoms with Crippen LogP contribution in [0.15, 0.2) is 61.2 Å². The van der Waals surface area contributed by atoms with Gasteiger partial charge in [0.25, 0.3) is 5.09 Å². The van der Waals surface area contributed by atoms with E-state index in [-0.39, 0.29) is 12.7 Å². The van der Waals surface area contributed by atoms with E-state index in [4.69, 9.17) is 57.5 Å². The van der Waals surface area contributed by atoms with Crippen molar-refractivity contribution in [2.75, 3.05) is 20.3 Å². The molecule has 0 bridgehead atoms. The highest BCUT2D eigenvalue weighted by Crippen LogP contribution is 2.40. The molecule has 186 valence electrons. The fraction of sp³-hybridized carbons (Fsp3) is 0.273. The molecule has 0 saturated carbocycles. The summed E-state index contributed by atoms with van der Waals surface area (Å²) in [5.41, 5.74) is 1.13. The predicted molar refractivity (Wildman–Crippen MR) is 123 cm³/mol. The van der Waals surface area contributed by atoms with Crippen LogP contribution in [-0.2, 0) is 26.5 Å². The van der Waals surface area contributed by atoms with Crippen LogP contribution < -0.4 is 4.74 Å². The number of ether oxygens (including phenoxy) is 4. The lowest BCUT2D eigenvalue weighted by Gasteiger charge is -2.30. The van der Waals surface area contributed by atoms with E-state index < -0.39 is 16.8 Å². The number of carbonyl (C=O) groups excluding carboxylic acids is 1. The monoisotopic (exact) mass is 525 g/mol. The summed E-state index contributed by atoms with van der Waals surface area (Å²) in [5.74, 6) is -0.901. The molecule has 0 spiro atoms. The van der Waals surface area contributed by atoms with Gasteiger partial charge in [-0.15, -0.1) is 10.1 Å². The maximum Gasteiger partial charge on any atom is 0.337 e. The van der Waals surface area contributed by atoms with Crippen LogP contribution in [0.4, 0.5) is 0 Å². The van der Waals surface area contributed by atoms with E-state index in [0.29, 0.717) is 40.1 Å². The fourth-order valence-corrected chi connectivity index (χ4v) is 3.92. The van der Waals surface area contributed by atoms with Crippen LogP contribution in [0.25, 0.3) is 0 Å². The van der Waals surface area contributed by atoms with E-state index in [1.807, 2.05) is 10.8 Å². The Hall–Kier alpha value is -3.38. The minimum Gasteiger partial charge on any atom is -0.491 e. The van der Waals surface area contributed by atoms with E-state index >= 15 is 0 Å². The third-order valence-electron chi connectivity index (χ3n) is 4.86. The molecule has 0 radical (unpaired) electrons. The average molecular weight is 526 g/mol. The van der Waals surface area contributed by atoms with Crippen molar-refractivity contribution in [2.45, 2.75) is 18.4 Å². The summed E-state index contributed by atoms with van der Waals surface area (Å²) in [5, 5.41) is 14.6. The Morgan fingerprint density at radius 1 is 1.31 bits per heavy atom. The van der Waals surface area contributed by atoms with E-state index in [0.717, 1.165) is 0 Å². The highest BCUT2D eigenvalue weighted by atomic mass is 35.5. The molecule has 2 aromatic carbocycles. The van der Waals surface area contributed by atoms with Gasteiger partial charge in [0.05, 0.1) is 37.2 Å². The number of hydrogen-bond acceptors (Lipinski definition) is 8. The van der Waals surface area contributed by atoms with Crippen molar-refractivity contribution in [1.82, 2.24) is 9.55 Å². The van der Waals surface area contributed by atoms with Gasteiger partial charge in [-0.05, 0) is 36.4 Å². The summed E-state index contributed by atoms with van der Waals surface area (Å²) in [6.07, 6.45) is 4.86. The first-order chi connectivity index (χ1) is 16.7. The zero-order valence-electron chi connectivity index (χ0n) is 18.4. The third kappa shape index (κ3) is 7.06. The Morgan fingerprint density at radius 2 is 2.03 bits per heavy atom. The van der Waals surface area contributed by atoms with Crippen LogP contribution in [0, 0.1) is 10.1 Å². The molecule has 3 aromatic rings. The highest BCUT2D eigenvalue weighted by molar-refractivity contribution is 6.35. The zero-order valence-corrected chi connectivity index (χ0v) is 19.9. The quantitative estimate of drug-likeness (QED) is 0.276. The number of carbonyl (C=O) groups is 1. The Labute approximate surface area is 209 Å². The summed E-state index contributed by atoms with van der Waals surface area (Å²) in [6, 6.07) is 11.9. The molecule has 1 aliphatic rings. The topological polar surface area (TPSA) is 135 Å². The maximum atomic E-state index is 11.6. The number of aromatic nitrogens is 2. The van der Waals surface area contributed by atoms with Crippen LogP contribution in [0.1, 0.15) is 15.9 Å². The van der Waals surface area contributed by atoms with Crippen LogP contribution >= 0.6 is 23.2 Å². The van der Waals surface area contributed by atoms with Gasteiger partial charge in [0.15, 0.2) is 0 Å². The molecule has 4 rings (SSSR count). The van der Waals surface area contributed by atoms with Crippen molar-refractivity contribution in [3.8, 4) is 5.75 Å². The van der Waals surface area contributed by atoms with Gasteiger partial charge in [-0.3, -0.25) is 0 Å². The van der Waals surface area contributed by atoms with Crippen molar-refractivity contribution < 1.29 is 34.0 Å². The molecule has 1 fully saturated rings. The van der Waals surface area contributed by atoms with Gasteiger partial charge in [0.1, 0.15) is 18.5 Å². The van der Waals surface area contributed by atoms with E-state index in [1.54, 1.807) is 55.0 Å². The zero-order chi connectivity index (χ0) is 25.4. The number of imidazole rings is 1.